The van der Waals surface area contributed by atoms with Gasteiger partial charge >= 0.3 is 5.97 Å². The monoisotopic (exact) mass is 266 g/mol. The van der Waals surface area contributed by atoms with E-state index in [9.17, 15) is 4.79 Å². The van der Waals surface area contributed by atoms with Gasteiger partial charge in [-0.3, -0.25) is 9.48 Å². The Balaban J connectivity index is 1.79. The van der Waals surface area contributed by atoms with Crippen LogP contribution in [-0.2, 0) is 31.4 Å². The van der Waals surface area contributed by atoms with Crippen molar-refractivity contribution in [1.29, 1.82) is 0 Å². The van der Waals surface area contributed by atoms with Gasteiger partial charge in [-0.2, -0.15) is 5.10 Å². The molecule has 2 N–H and O–H groups in total. The summed E-state index contributed by atoms with van der Waals surface area (Å²) in [4.78, 5) is 16.6. The lowest BCUT2D eigenvalue weighted by molar-refractivity contribution is -0.136. The van der Waals surface area contributed by atoms with E-state index in [-0.39, 0.29) is 6.42 Å². The van der Waals surface area contributed by atoms with Crippen molar-refractivity contribution in [3.05, 3.63) is 34.0 Å². The minimum atomic E-state index is -0.797. The third kappa shape index (κ3) is 3.64. The molecule has 0 amide bonds. The van der Waals surface area contributed by atoms with E-state index in [4.69, 9.17) is 5.11 Å². The predicted octanol–water partition coefficient (Wildman–Crippen LogP) is 0.794. The van der Waals surface area contributed by atoms with Crippen LogP contribution in [0.2, 0.25) is 0 Å². The van der Waals surface area contributed by atoms with Crippen molar-refractivity contribution in [2.75, 3.05) is 0 Å². The maximum atomic E-state index is 10.6. The molecule has 2 aromatic rings. The molecule has 7 heteroatoms. The van der Waals surface area contributed by atoms with Gasteiger partial charge in [0.05, 0.1) is 13.0 Å². The quantitative estimate of drug-likeness (QED) is 0.808. The topological polar surface area (TPSA) is 80.0 Å². The van der Waals surface area contributed by atoms with Gasteiger partial charge in [0.2, 0.25) is 0 Å². The average molecular weight is 266 g/mol. The van der Waals surface area contributed by atoms with Crippen molar-refractivity contribution < 1.29 is 9.90 Å². The van der Waals surface area contributed by atoms with Crippen molar-refractivity contribution in [2.24, 2.45) is 7.05 Å². The van der Waals surface area contributed by atoms with Crippen molar-refractivity contribution >= 4 is 17.3 Å². The first-order valence-corrected chi connectivity index (χ1v) is 6.30. The van der Waals surface area contributed by atoms with Crippen molar-refractivity contribution in [3.63, 3.8) is 0 Å². The molecule has 0 atom stereocenters. The summed E-state index contributed by atoms with van der Waals surface area (Å²) < 4.78 is 1.66. The lowest BCUT2D eigenvalue weighted by Crippen LogP contribution is -2.13. The number of nitrogens with zero attached hydrogens (tertiary/aromatic N) is 3. The van der Waals surface area contributed by atoms with Crippen LogP contribution in [0.15, 0.2) is 18.5 Å². The van der Waals surface area contributed by atoms with E-state index >= 15 is 0 Å². The first-order valence-electron chi connectivity index (χ1n) is 5.48. The summed E-state index contributed by atoms with van der Waals surface area (Å²) in [5.41, 5.74) is 0. The number of carboxylic acid groups (broad SMARTS) is 1. The highest BCUT2D eigenvalue weighted by atomic mass is 32.1. The average Bonchev–Trinajstić information content (AvgIpc) is 2.88. The number of aryl methyl sites for hydroxylation is 1. The Labute approximate surface area is 108 Å². The van der Waals surface area contributed by atoms with Crippen LogP contribution >= 0.6 is 11.3 Å². The number of nitrogens with one attached hydrogen (secondary N) is 1. The smallest absolute Gasteiger partial charge is 0.308 e. The second kappa shape index (κ2) is 5.74. The highest BCUT2D eigenvalue weighted by Gasteiger charge is 2.05. The summed E-state index contributed by atoms with van der Waals surface area (Å²) in [6.45, 7) is 1.30. The molecule has 18 heavy (non-hydrogen) atoms. The van der Waals surface area contributed by atoms with Gasteiger partial charge in [0.15, 0.2) is 5.82 Å². The third-order valence-corrected chi connectivity index (χ3v) is 3.36. The Morgan fingerprint density at radius 2 is 2.22 bits per heavy atom. The molecule has 0 saturated carbocycles. The molecular weight excluding hydrogens is 252 g/mol. The van der Waals surface area contributed by atoms with E-state index in [2.05, 4.69) is 15.4 Å². The number of carbonyl (C=O) groups is 1. The van der Waals surface area contributed by atoms with Gasteiger partial charge in [-0.05, 0) is 12.1 Å². The molecule has 0 radical (unpaired) electrons. The van der Waals surface area contributed by atoms with E-state index in [1.807, 2.05) is 19.2 Å². The van der Waals surface area contributed by atoms with Gasteiger partial charge < -0.3 is 10.4 Å². The molecule has 0 unspecified atom stereocenters. The number of aliphatic carboxylic acids is 1. The first-order chi connectivity index (χ1) is 8.63. The number of hydrogen-bond acceptors (Lipinski definition) is 5. The van der Waals surface area contributed by atoms with E-state index in [0.717, 1.165) is 15.6 Å². The maximum Gasteiger partial charge on any atom is 0.308 e. The van der Waals surface area contributed by atoms with Crippen LogP contribution < -0.4 is 5.32 Å². The second-order valence-electron chi connectivity index (χ2n) is 3.88. The summed E-state index contributed by atoms with van der Waals surface area (Å²) in [7, 11) is 1.83. The summed E-state index contributed by atoms with van der Waals surface area (Å²) >= 11 is 1.51. The Bertz CT molecular complexity index is 535. The van der Waals surface area contributed by atoms with Crippen LogP contribution in [0.5, 0.6) is 0 Å². The molecule has 0 fully saturated rings. The number of hydrogen-bond donors (Lipinski definition) is 2. The van der Waals surface area contributed by atoms with Crippen LogP contribution in [0.25, 0.3) is 0 Å². The molecule has 2 rings (SSSR count). The van der Waals surface area contributed by atoms with Crippen molar-refractivity contribution in [1.82, 2.24) is 20.1 Å². The largest absolute Gasteiger partial charge is 0.481 e. The van der Waals surface area contributed by atoms with Crippen LogP contribution in [0.3, 0.4) is 0 Å². The second-order valence-corrected chi connectivity index (χ2v) is 5.13. The highest BCUT2D eigenvalue weighted by Crippen LogP contribution is 2.16. The summed E-state index contributed by atoms with van der Waals surface area (Å²) in [6, 6.07) is 3.80. The normalized spacial score (nSPS) is 10.7. The van der Waals surface area contributed by atoms with E-state index in [1.54, 1.807) is 11.0 Å². The number of aromatic nitrogens is 3. The number of carboxylic acids is 1. The van der Waals surface area contributed by atoms with Gasteiger partial charge in [-0.25, -0.2) is 4.98 Å². The van der Waals surface area contributed by atoms with Crippen molar-refractivity contribution in [3.8, 4) is 0 Å². The van der Waals surface area contributed by atoms with Gasteiger partial charge in [-0.15, -0.1) is 11.3 Å². The Kier molecular flexibility index (Phi) is 4.06. The summed E-state index contributed by atoms with van der Waals surface area (Å²) in [5.74, 6) is -0.0474. The minimum Gasteiger partial charge on any atom is -0.481 e. The van der Waals surface area contributed by atoms with E-state index < -0.39 is 5.97 Å². The molecule has 0 aliphatic heterocycles. The highest BCUT2D eigenvalue weighted by molar-refractivity contribution is 7.12. The standard InChI is InChI=1S/C11H14N4O2S/c1-15-7-13-10(14-15)6-12-5-9-3-2-8(18-9)4-11(16)17/h2-3,7,12H,4-6H2,1H3,(H,16,17). The van der Waals surface area contributed by atoms with Crippen LogP contribution in [0.4, 0.5) is 0 Å². The fourth-order valence-corrected chi connectivity index (χ4v) is 2.50. The Morgan fingerprint density at radius 3 is 2.89 bits per heavy atom. The maximum absolute atomic E-state index is 10.6. The summed E-state index contributed by atoms with van der Waals surface area (Å²) in [5, 5.41) is 16.1. The van der Waals surface area contributed by atoms with Crippen molar-refractivity contribution in [2.45, 2.75) is 19.5 Å². The van der Waals surface area contributed by atoms with E-state index in [0.29, 0.717) is 13.1 Å². The molecule has 2 heterocycles. The molecule has 0 saturated heterocycles. The minimum absolute atomic E-state index is 0.0897. The molecule has 0 spiro atoms. The zero-order valence-electron chi connectivity index (χ0n) is 9.96. The van der Waals surface area contributed by atoms with Crippen LogP contribution in [0.1, 0.15) is 15.6 Å². The zero-order valence-corrected chi connectivity index (χ0v) is 10.8. The Hall–Kier alpha value is -1.73. The molecule has 2 aromatic heterocycles. The fourth-order valence-electron chi connectivity index (χ4n) is 1.52. The molecule has 0 aliphatic carbocycles. The first kappa shape index (κ1) is 12.7. The van der Waals surface area contributed by atoms with Gasteiger partial charge in [0.1, 0.15) is 6.33 Å². The molecule has 0 aliphatic rings. The molecular formula is C11H14N4O2S. The Morgan fingerprint density at radius 1 is 1.44 bits per heavy atom. The predicted molar refractivity (Wildman–Crippen MR) is 67.2 cm³/mol. The molecule has 0 aromatic carbocycles. The van der Waals surface area contributed by atoms with Crippen LogP contribution in [0, 0.1) is 0 Å². The molecule has 6 nitrogen and oxygen atoms in total. The number of thiophene rings is 1. The molecule has 96 valence electrons. The van der Waals surface area contributed by atoms with Crippen LogP contribution in [-0.4, -0.2) is 25.8 Å². The zero-order chi connectivity index (χ0) is 13.0. The molecule has 0 bridgehead atoms. The van der Waals surface area contributed by atoms with Gasteiger partial charge in [0.25, 0.3) is 0 Å². The van der Waals surface area contributed by atoms with Gasteiger partial charge in [-0.1, -0.05) is 0 Å². The lowest BCUT2D eigenvalue weighted by atomic mass is 10.3. The lowest BCUT2D eigenvalue weighted by Gasteiger charge is -1.98. The fraction of sp³-hybridized carbons (Fsp3) is 0.364. The van der Waals surface area contributed by atoms with E-state index in [1.165, 1.54) is 11.3 Å². The third-order valence-electron chi connectivity index (χ3n) is 2.27. The SMILES string of the molecule is Cn1cnc(CNCc2ccc(CC(=O)O)s2)n1. The number of rotatable bonds is 6. The van der Waals surface area contributed by atoms with Gasteiger partial charge in [0, 0.05) is 23.3 Å². The summed E-state index contributed by atoms with van der Waals surface area (Å²) in [6.07, 6.45) is 1.75.